The van der Waals surface area contributed by atoms with Crippen LogP contribution in [0, 0.1) is 5.82 Å². The number of pyridine rings is 1. The fourth-order valence-corrected chi connectivity index (χ4v) is 2.99. The SMILES string of the molecule is COc1cnc2ccc(F)cc2c1CCC1CCC(N)CO1. The molecule has 5 heteroatoms. The number of nitrogens with zero attached hydrogens (tertiary/aromatic N) is 1. The van der Waals surface area contributed by atoms with E-state index < -0.39 is 0 Å². The van der Waals surface area contributed by atoms with Crippen molar-refractivity contribution in [1.82, 2.24) is 4.98 Å². The van der Waals surface area contributed by atoms with E-state index in [0.29, 0.717) is 12.4 Å². The van der Waals surface area contributed by atoms with Gasteiger partial charge in [-0.2, -0.15) is 0 Å². The zero-order chi connectivity index (χ0) is 15.5. The van der Waals surface area contributed by atoms with Crippen LogP contribution < -0.4 is 10.5 Å². The molecule has 1 aliphatic rings. The molecule has 1 aromatic heterocycles. The van der Waals surface area contributed by atoms with Gasteiger partial charge >= 0.3 is 0 Å². The predicted octanol–water partition coefficient (Wildman–Crippen LogP) is 2.82. The Morgan fingerprint density at radius 2 is 2.27 bits per heavy atom. The fraction of sp³-hybridized carbons (Fsp3) is 0.471. The van der Waals surface area contributed by atoms with Gasteiger partial charge in [-0.15, -0.1) is 0 Å². The van der Waals surface area contributed by atoms with Crippen molar-refractivity contribution in [1.29, 1.82) is 0 Å². The zero-order valence-corrected chi connectivity index (χ0v) is 12.7. The van der Waals surface area contributed by atoms with E-state index in [2.05, 4.69) is 4.98 Å². The van der Waals surface area contributed by atoms with Crippen LogP contribution in [0.1, 0.15) is 24.8 Å². The predicted molar refractivity (Wildman–Crippen MR) is 83.5 cm³/mol. The van der Waals surface area contributed by atoms with E-state index in [4.69, 9.17) is 15.2 Å². The Morgan fingerprint density at radius 1 is 1.41 bits per heavy atom. The normalized spacial score (nSPS) is 22.0. The smallest absolute Gasteiger partial charge is 0.140 e. The Labute approximate surface area is 129 Å². The van der Waals surface area contributed by atoms with Crippen molar-refractivity contribution in [2.45, 2.75) is 37.8 Å². The van der Waals surface area contributed by atoms with Crippen LogP contribution in [0.2, 0.25) is 0 Å². The molecule has 0 bridgehead atoms. The van der Waals surface area contributed by atoms with Gasteiger partial charge in [-0.25, -0.2) is 4.39 Å². The minimum atomic E-state index is -0.260. The first-order chi connectivity index (χ1) is 10.7. The third kappa shape index (κ3) is 3.20. The molecule has 4 nitrogen and oxygen atoms in total. The van der Waals surface area contributed by atoms with Crippen LogP contribution in [0.25, 0.3) is 10.9 Å². The highest BCUT2D eigenvalue weighted by Crippen LogP contribution is 2.29. The van der Waals surface area contributed by atoms with E-state index in [1.807, 2.05) is 0 Å². The van der Waals surface area contributed by atoms with Crippen LogP contribution in [0.15, 0.2) is 24.4 Å². The van der Waals surface area contributed by atoms with Crippen LogP contribution in [0.3, 0.4) is 0 Å². The quantitative estimate of drug-likeness (QED) is 0.943. The number of benzene rings is 1. The van der Waals surface area contributed by atoms with E-state index in [0.717, 1.165) is 42.1 Å². The molecule has 1 saturated heterocycles. The van der Waals surface area contributed by atoms with Gasteiger partial charge < -0.3 is 15.2 Å². The lowest BCUT2D eigenvalue weighted by molar-refractivity contribution is 0.00110. The summed E-state index contributed by atoms with van der Waals surface area (Å²) in [6, 6.07) is 4.81. The molecule has 0 amide bonds. The van der Waals surface area contributed by atoms with Crippen LogP contribution in [-0.4, -0.2) is 30.8 Å². The second-order valence-corrected chi connectivity index (χ2v) is 5.80. The standard InChI is InChI=1S/C17H21FN2O2/c1-21-17-9-20-16-7-2-11(18)8-15(16)14(17)6-5-13-4-3-12(19)10-22-13/h2,7-9,12-13H,3-6,10,19H2,1H3. The van der Waals surface area contributed by atoms with Gasteiger partial charge in [0.15, 0.2) is 0 Å². The Morgan fingerprint density at radius 3 is 3.00 bits per heavy atom. The number of halogens is 1. The summed E-state index contributed by atoms with van der Waals surface area (Å²) >= 11 is 0. The van der Waals surface area contributed by atoms with E-state index in [1.54, 1.807) is 19.4 Å². The molecular weight excluding hydrogens is 283 g/mol. The average Bonchev–Trinajstić information content (AvgIpc) is 2.54. The highest BCUT2D eigenvalue weighted by atomic mass is 19.1. The van der Waals surface area contributed by atoms with Crippen LogP contribution in [-0.2, 0) is 11.2 Å². The van der Waals surface area contributed by atoms with Gasteiger partial charge in [-0.3, -0.25) is 4.98 Å². The summed E-state index contributed by atoms with van der Waals surface area (Å²) in [4.78, 5) is 4.32. The summed E-state index contributed by atoms with van der Waals surface area (Å²) in [5.41, 5.74) is 7.62. The number of aryl methyl sites for hydroxylation is 1. The number of fused-ring (bicyclic) bond motifs is 1. The summed E-state index contributed by atoms with van der Waals surface area (Å²) in [6.45, 7) is 0.619. The molecule has 118 valence electrons. The number of hydrogen-bond acceptors (Lipinski definition) is 4. The Kier molecular flexibility index (Phi) is 4.55. The summed E-state index contributed by atoms with van der Waals surface area (Å²) < 4.78 is 24.8. The van der Waals surface area contributed by atoms with Gasteiger partial charge in [0, 0.05) is 17.0 Å². The summed E-state index contributed by atoms with van der Waals surface area (Å²) in [5, 5.41) is 0.812. The van der Waals surface area contributed by atoms with Gasteiger partial charge in [0.2, 0.25) is 0 Å². The minimum Gasteiger partial charge on any atom is -0.495 e. The second-order valence-electron chi connectivity index (χ2n) is 5.80. The maximum absolute atomic E-state index is 13.6. The van der Waals surface area contributed by atoms with Crippen molar-refractivity contribution in [3.05, 3.63) is 35.8 Å². The molecule has 22 heavy (non-hydrogen) atoms. The molecule has 0 spiro atoms. The van der Waals surface area contributed by atoms with Crippen LogP contribution in [0.4, 0.5) is 4.39 Å². The Hall–Kier alpha value is -1.72. The molecule has 2 N–H and O–H groups in total. The number of aromatic nitrogens is 1. The molecule has 0 aliphatic carbocycles. The number of nitrogens with two attached hydrogens (primary N) is 1. The number of hydrogen-bond donors (Lipinski definition) is 1. The molecule has 1 fully saturated rings. The van der Waals surface area contributed by atoms with Crippen LogP contribution in [0.5, 0.6) is 5.75 Å². The molecule has 3 rings (SSSR count). The molecule has 2 aromatic rings. The molecule has 1 aliphatic heterocycles. The highest BCUT2D eigenvalue weighted by Gasteiger charge is 2.20. The lowest BCUT2D eigenvalue weighted by atomic mass is 9.97. The monoisotopic (exact) mass is 304 g/mol. The topological polar surface area (TPSA) is 57.4 Å². The van der Waals surface area contributed by atoms with Gasteiger partial charge in [0.1, 0.15) is 11.6 Å². The number of rotatable bonds is 4. The van der Waals surface area contributed by atoms with Gasteiger partial charge in [0.25, 0.3) is 0 Å². The van der Waals surface area contributed by atoms with E-state index in [9.17, 15) is 4.39 Å². The highest BCUT2D eigenvalue weighted by molar-refractivity contribution is 5.84. The third-order valence-corrected chi connectivity index (χ3v) is 4.24. The summed E-state index contributed by atoms with van der Waals surface area (Å²) in [5.74, 6) is 0.439. The van der Waals surface area contributed by atoms with Crippen molar-refractivity contribution < 1.29 is 13.9 Å². The van der Waals surface area contributed by atoms with Crippen molar-refractivity contribution in [3.63, 3.8) is 0 Å². The lowest BCUT2D eigenvalue weighted by Gasteiger charge is -2.27. The van der Waals surface area contributed by atoms with Crippen molar-refractivity contribution >= 4 is 10.9 Å². The minimum absolute atomic E-state index is 0.154. The molecule has 2 heterocycles. The van der Waals surface area contributed by atoms with Crippen LogP contribution >= 0.6 is 0 Å². The average molecular weight is 304 g/mol. The third-order valence-electron chi connectivity index (χ3n) is 4.24. The fourth-order valence-electron chi connectivity index (χ4n) is 2.99. The molecule has 1 aromatic carbocycles. The molecule has 2 atom stereocenters. The van der Waals surface area contributed by atoms with E-state index >= 15 is 0 Å². The Balaban J connectivity index is 1.83. The Bertz CT molecular complexity index is 654. The van der Waals surface area contributed by atoms with Gasteiger partial charge in [0.05, 0.1) is 31.5 Å². The molecule has 0 radical (unpaired) electrons. The summed E-state index contributed by atoms with van der Waals surface area (Å²) in [7, 11) is 1.61. The summed E-state index contributed by atoms with van der Waals surface area (Å²) in [6.07, 6.45) is 5.52. The second kappa shape index (κ2) is 6.58. The zero-order valence-electron chi connectivity index (χ0n) is 12.7. The number of methoxy groups -OCH3 is 1. The van der Waals surface area contributed by atoms with Gasteiger partial charge in [-0.1, -0.05) is 0 Å². The first-order valence-electron chi connectivity index (χ1n) is 7.65. The molecule has 2 unspecified atom stereocenters. The van der Waals surface area contributed by atoms with Gasteiger partial charge in [-0.05, 0) is 43.9 Å². The van der Waals surface area contributed by atoms with Crippen molar-refractivity contribution in [2.24, 2.45) is 5.73 Å². The first-order valence-corrected chi connectivity index (χ1v) is 7.65. The van der Waals surface area contributed by atoms with E-state index in [1.165, 1.54) is 12.1 Å². The lowest BCUT2D eigenvalue weighted by Crippen LogP contribution is -2.35. The molecular formula is C17H21FN2O2. The largest absolute Gasteiger partial charge is 0.495 e. The maximum Gasteiger partial charge on any atom is 0.140 e. The number of ether oxygens (including phenoxy) is 2. The first kappa shape index (κ1) is 15.2. The van der Waals surface area contributed by atoms with Crippen molar-refractivity contribution in [2.75, 3.05) is 13.7 Å². The van der Waals surface area contributed by atoms with E-state index in [-0.39, 0.29) is 18.0 Å². The maximum atomic E-state index is 13.6. The molecule has 0 saturated carbocycles. The van der Waals surface area contributed by atoms with Crippen molar-refractivity contribution in [3.8, 4) is 5.75 Å².